The van der Waals surface area contributed by atoms with Crippen molar-refractivity contribution in [3.63, 3.8) is 0 Å². The number of amides is 1. The molecule has 0 aromatic heterocycles. The first-order chi connectivity index (χ1) is 6.75. The second kappa shape index (κ2) is 4.16. The minimum Gasteiger partial charge on any atom is -0.353 e. The molecular weight excluding hydrogens is 174 g/mol. The maximum atomic E-state index is 11.3. The summed E-state index contributed by atoms with van der Waals surface area (Å²) in [5.41, 5.74) is 1.57. The van der Waals surface area contributed by atoms with E-state index in [1.54, 1.807) is 5.57 Å². The molecule has 0 radical (unpaired) electrons. The fourth-order valence-electron chi connectivity index (χ4n) is 2.48. The highest BCUT2D eigenvalue weighted by molar-refractivity contribution is 5.80. The highest BCUT2D eigenvalue weighted by Crippen LogP contribution is 2.25. The summed E-state index contributed by atoms with van der Waals surface area (Å²) in [6, 6.07) is 0.418. The van der Waals surface area contributed by atoms with Crippen LogP contribution in [0.3, 0.4) is 0 Å². The van der Waals surface area contributed by atoms with Crippen LogP contribution in [0.15, 0.2) is 11.6 Å². The molecule has 0 aromatic carbocycles. The van der Waals surface area contributed by atoms with Crippen molar-refractivity contribution in [2.45, 2.75) is 51.5 Å². The smallest absolute Gasteiger partial charge is 0.223 e. The standard InChI is InChI=1S/C12H19NO/c1-9-7-11(13-12(9)14)8-10-5-3-2-4-6-10/h5,9,11H,2-4,6-8H2,1H3,(H,13,14). The van der Waals surface area contributed by atoms with Crippen molar-refractivity contribution in [1.29, 1.82) is 0 Å². The van der Waals surface area contributed by atoms with Crippen molar-refractivity contribution in [3.05, 3.63) is 11.6 Å². The highest BCUT2D eigenvalue weighted by Gasteiger charge is 2.28. The molecule has 78 valence electrons. The van der Waals surface area contributed by atoms with E-state index < -0.39 is 0 Å². The predicted molar refractivity (Wildman–Crippen MR) is 56.9 cm³/mol. The van der Waals surface area contributed by atoms with Crippen LogP contribution in [0.25, 0.3) is 0 Å². The van der Waals surface area contributed by atoms with Gasteiger partial charge in [-0.1, -0.05) is 18.6 Å². The lowest BCUT2D eigenvalue weighted by Crippen LogP contribution is -2.26. The average Bonchev–Trinajstić information content (AvgIpc) is 2.47. The van der Waals surface area contributed by atoms with Crippen LogP contribution < -0.4 is 5.32 Å². The number of rotatable bonds is 2. The van der Waals surface area contributed by atoms with E-state index in [0.29, 0.717) is 6.04 Å². The van der Waals surface area contributed by atoms with Gasteiger partial charge >= 0.3 is 0 Å². The summed E-state index contributed by atoms with van der Waals surface area (Å²) in [6.45, 7) is 2.02. The van der Waals surface area contributed by atoms with Crippen molar-refractivity contribution < 1.29 is 4.79 Å². The first kappa shape index (κ1) is 9.75. The molecule has 1 amide bonds. The van der Waals surface area contributed by atoms with E-state index in [0.717, 1.165) is 12.8 Å². The Morgan fingerprint density at radius 1 is 1.50 bits per heavy atom. The molecule has 2 rings (SSSR count). The molecule has 1 fully saturated rings. The molecule has 0 aromatic rings. The molecule has 2 aliphatic rings. The van der Waals surface area contributed by atoms with Gasteiger partial charge in [-0.15, -0.1) is 0 Å². The molecule has 2 heteroatoms. The van der Waals surface area contributed by atoms with Crippen molar-refractivity contribution in [1.82, 2.24) is 5.32 Å². The van der Waals surface area contributed by atoms with Gasteiger partial charge in [0.2, 0.25) is 5.91 Å². The van der Waals surface area contributed by atoms with Gasteiger partial charge in [0, 0.05) is 12.0 Å². The second-order valence-electron chi connectivity index (χ2n) is 4.65. The number of hydrogen-bond acceptors (Lipinski definition) is 1. The number of hydrogen-bond donors (Lipinski definition) is 1. The second-order valence-corrected chi connectivity index (χ2v) is 4.65. The van der Waals surface area contributed by atoms with Crippen molar-refractivity contribution in [2.75, 3.05) is 0 Å². The van der Waals surface area contributed by atoms with E-state index in [-0.39, 0.29) is 11.8 Å². The average molecular weight is 193 g/mol. The fraction of sp³-hybridized carbons (Fsp3) is 0.750. The fourth-order valence-corrected chi connectivity index (χ4v) is 2.48. The SMILES string of the molecule is CC1CC(CC2=CCCCC2)NC1=O. The summed E-state index contributed by atoms with van der Waals surface area (Å²) in [5.74, 6) is 0.468. The van der Waals surface area contributed by atoms with Gasteiger partial charge in [0.1, 0.15) is 0 Å². The van der Waals surface area contributed by atoms with Crippen LogP contribution in [0.4, 0.5) is 0 Å². The normalized spacial score (nSPS) is 32.6. The van der Waals surface area contributed by atoms with Gasteiger partial charge in [0.25, 0.3) is 0 Å². The largest absolute Gasteiger partial charge is 0.353 e. The minimum atomic E-state index is 0.226. The summed E-state index contributed by atoms with van der Waals surface area (Å²) in [7, 11) is 0. The predicted octanol–water partition coefficient (Wildman–Crippen LogP) is 2.40. The molecule has 2 atom stereocenters. The lowest BCUT2D eigenvalue weighted by Gasteiger charge is -2.16. The van der Waals surface area contributed by atoms with Gasteiger partial charge in [-0.2, -0.15) is 0 Å². The van der Waals surface area contributed by atoms with Crippen LogP contribution in [-0.4, -0.2) is 11.9 Å². The summed E-state index contributed by atoms with van der Waals surface area (Å²) in [5, 5.41) is 3.07. The zero-order valence-corrected chi connectivity index (χ0v) is 8.88. The zero-order valence-electron chi connectivity index (χ0n) is 8.88. The number of carbonyl (C=O) groups excluding carboxylic acids is 1. The van der Waals surface area contributed by atoms with Gasteiger partial charge in [-0.25, -0.2) is 0 Å². The van der Waals surface area contributed by atoms with E-state index in [2.05, 4.69) is 11.4 Å². The van der Waals surface area contributed by atoms with Crippen molar-refractivity contribution in [3.8, 4) is 0 Å². The van der Waals surface area contributed by atoms with Gasteiger partial charge in [-0.3, -0.25) is 4.79 Å². The summed E-state index contributed by atoms with van der Waals surface area (Å²) in [4.78, 5) is 11.3. The Hall–Kier alpha value is -0.790. The van der Waals surface area contributed by atoms with E-state index >= 15 is 0 Å². The maximum Gasteiger partial charge on any atom is 0.223 e. The lowest BCUT2D eigenvalue weighted by atomic mass is 9.93. The first-order valence-electron chi connectivity index (χ1n) is 5.74. The highest BCUT2D eigenvalue weighted by atomic mass is 16.2. The van der Waals surface area contributed by atoms with E-state index in [1.165, 1.54) is 25.7 Å². The zero-order chi connectivity index (χ0) is 9.97. The number of carbonyl (C=O) groups is 1. The monoisotopic (exact) mass is 193 g/mol. The Morgan fingerprint density at radius 3 is 2.93 bits per heavy atom. The Morgan fingerprint density at radius 2 is 2.36 bits per heavy atom. The molecule has 2 nitrogen and oxygen atoms in total. The summed E-state index contributed by atoms with van der Waals surface area (Å²) in [6.07, 6.45) is 9.66. The Kier molecular flexibility index (Phi) is 2.90. The Bertz CT molecular complexity index is 257. The molecule has 1 aliphatic heterocycles. The Labute approximate surface area is 85.8 Å². The van der Waals surface area contributed by atoms with Crippen molar-refractivity contribution >= 4 is 5.91 Å². The molecule has 0 spiro atoms. The molecular formula is C12H19NO. The molecule has 0 saturated carbocycles. The van der Waals surface area contributed by atoms with Crippen LogP contribution in [-0.2, 0) is 4.79 Å². The van der Waals surface area contributed by atoms with Crippen molar-refractivity contribution in [2.24, 2.45) is 5.92 Å². The topological polar surface area (TPSA) is 29.1 Å². The van der Waals surface area contributed by atoms with Gasteiger partial charge in [-0.05, 0) is 38.5 Å². The Balaban J connectivity index is 1.86. The third-order valence-electron chi connectivity index (χ3n) is 3.33. The third kappa shape index (κ3) is 2.17. The molecule has 1 aliphatic carbocycles. The lowest BCUT2D eigenvalue weighted by molar-refractivity contribution is -0.122. The molecule has 1 N–H and O–H groups in total. The molecule has 0 bridgehead atoms. The van der Waals surface area contributed by atoms with E-state index in [9.17, 15) is 4.79 Å². The van der Waals surface area contributed by atoms with Crippen LogP contribution in [0.5, 0.6) is 0 Å². The number of nitrogens with one attached hydrogen (secondary N) is 1. The molecule has 14 heavy (non-hydrogen) atoms. The molecule has 1 heterocycles. The molecule has 1 saturated heterocycles. The third-order valence-corrected chi connectivity index (χ3v) is 3.33. The van der Waals surface area contributed by atoms with Gasteiger partial charge in [0.05, 0.1) is 0 Å². The van der Waals surface area contributed by atoms with Crippen LogP contribution in [0, 0.1) is 5.92 Å². The van der Waals surface area contributed by atoms with Crippen LogP contribution >= 0.6 is 0 Å². The van der Waals surface area contributed by atoms with E-state index in [4.69, 9.17) is 0 Å². The minimum absolute atomic E-state index is 0.226. The number of allylic oxidation sites excluding steroid dienone is 1. The van der Waals surface area contributed by atoms with Gasteiger partial charge < -0.3 is 5.32 Å². The summed E-state index contributed by atoms with van der Waals surface area (Å²) < 4.78 is 0. The molecule has 2 unspecified atom stereocenters. The van der Waals surface area contributed by atoms with E-state index in [1.807, 2.05) is 6.92 Å². The quantitative estimate of drug-likeness (QED) is 0.670. The first-order valence-corrected chi connectivity index (χ1v) is 5.74. The van der Waals surface area contributed by atoms with Crippen LogP contribution in [0.2, 0.25) is 0 Å². The van der Waals surface area contributed by atoms with Gasteiger partial charge in [0.15, 0.2) is 0 Å². The summed E-state index contributed by atoms with van der Waals surface area (Å²) >= 11 is 0. The van der Waals surface area contributed by atoms with Crippen LogP contribution in [0.1, 0.15) is 45.4 Å². The maximum absolute atomic E-state index is 11.3.